The summed E-state index contributed by atoms with van der Waals surface area (Å²) in [5.41, 5.74) is 0. The molecule has 92 valence electrons. The highest BCUT2D eigenvalue weighted by Gasteiger charge is 2.36. The molecule has 4 heteroatoms. The zero-order chi connectivity index (χ0) is 11.5. The highest BCUT2D eigenvalue weighted by molar-refractivity contribution is 5.69. The van der Waals surface area contributed by atoms with Crippen LogP contribution in [-0.4, -0.2) is 49.7 Å². The Morgan fingerprint density at radius 1 is 1.56 bits per heavy atom. The molecular formula is C12H22N2O2. The Bertz CT molecular complexity index is 243. The van der Waals surface area contributed by atoms with Gasteiger partial charge in [0.25, 0.3) is 0 Å². The van der Waals surface area contributed by atoms with Crippen LogP contribution in [0.5, 0.6) is 0 Å². The second-order valence-corrected chi connectivity index (χ2v) is 5.05. The van der Waals surface area contributed by atoms with E-state index in [0.29, 0.717) is 18.5 Å². The van der Waals surface area contributed by atoms with Gasteiger partial charge in [-0.25, -0.2) is 0 Å². The fourth-order valence-electron chi connectivity index (χ4n) is 2.89. The van der Waals surface area contributed by atoms with Crippen LogP contribution < -0.4 is 5.32 Å². The summed E-state index contributed by atoms with van der Waals surface area (Å²) in [6.45, 7) is 5.49. The first-order valence-electron chi connectivity index (χ1n) is 6.25. The minimum Gasteiger partial charge on any atom is -0.469 e. The standard InChI is InChI=1S/C12H22N2O2/c1-9(6-12(15)16-2)14-7-10-4-3-5-13-11(10)8-14/h9-11,13H,3-8H2,1-2H3/t9?,10-,11+/m0/s1. The second kappa shape index (κ2) is 5.15. The highest BCUT2D eigenvalue weighted by Crippen LogP contribution is 2.26. The summed E-state index contributed by atoms with van der Waals surface area (Å²) in [7, 11) is 1.46. The van der Waals surface area contributed by atoms with Gasteiger partial charge in [-0.1, -0.05) is 0 Å². The Labute approximate surface area is 97.3 Å². The van der Waals surface area contributed by atoms with Crippen molar-refractivity contribution in [3.63, 3.8) is 0 Å². The van der Waals surface area contributed by atoms with Crippen molar-refractivity contribution < 1.29 is 9.53 Å². The lowest BCUT2D eigenvalue weighted by Crippen LogP contribution is -2.41. The van der Waals surface area contributed by atoms with E-state index in [1.165, 1.54) is 20.0 Å². The summed E-state index contributed by atoms with van der Waals surface area (Å²) in [6.07, 6.45) is 3.13. The molecule has 0 bridgehead atoms. The number of likely N-dealkylation sites (tertiary alicyclic amines) is 1. The minimum absolute atomic E-state index is 0.102. The normalized spacial score (nSPS) is 32.1. The largest absolute Gasteiger partial charge is 0.469 e. The zero-order valence-electron chi connectivity index (χ0n) is 10.2. The molecule has 2 aliphatic rings. The number of piperidine rings is 1. The molecule has 0 saturated carbocycles. The first-order chi connectivity index (χ1) is 7.70. The van der Waals surface area contributed by atoms with Crippen LogP contribution in [0.2, 0.25) is 0 Å². The molecule has 4 nitrogen and oxygen atoms in total. The molecule has 2 fully saturated rings. The number of carbonyl (C=O) groups excluding carboxylic acids is 1. The fourth-order valence-corrected chi connectivity index (χ4v) is 2.89. The number of rotatable bonds is 3. The molecule has 1 N–H and O–H groups in total. The SMILES string of the molecule is COC(=O)CC(C)N1C[C@@H]2CCCN[C@@H]2C1. The lowest BCUT2D eigenvalue weighted by Gasteiger charge is -2.25. The molecule has 2 aliphatic heterocycles. The predicted octanol–water partition coefficient (Wildman–Crippen LogP) is 0.622. The lowest BCUT2D eigenvalue weighted by molar-refractivity contribution is -0.141. The van der Waals surface area contributed by atoms with E-state index in [4.69, 9.17) is 4.74 Å². The van der Waals surface area contributed by atoms with Crippen molar-refractivity contribution in [2.24, 2.45) is 5.92 Å². The quantitative estimate of drug-likeness (QED) is 0.716. The number of fused-ring (bicyclic) bond motifs is 1. The first kappa shape index (κ1) is 11.9. The number of nitrogens with zero attached hydrogens (tertiary/aromatic N) is 1. The number of nitrogens with one attached hydrogen (secondary N) is 1. The van der Waals surface area contributed by atoms with Crippen molar-refractivity contribution in [3.8, 4) is 0 Å². The maximum Gasteiger partial charge on any atom is 0.307 e. The van der Waals surface area contributed by atoms with Crippen LogP contribution in [0.3, 0.4) is 0 Å². The topological polar surface area (TPSA) is 41.6 Å². The molecule has 0 radical (unpaired) electrons. The summed E-state index contributed by atoms with van der Waals surface area (Å²) in [4.78, 5) is 13.7. The van der Waals surface area contributed by atoms with Gasteiger partial charge in [0, 0.05) is 25.2 Å². The molecule has 0 aliphatic carbocycles. The first-order valence-corrected chi connectivity index (χ1v) is 6.25. The third kappa shape index (κ3) is 2.55. The molecule has 2 rings (SSSR count). The maximum absolute atomic E-state index is 11.2. The van der Waals surface area contributed by atoms with Crippen molar-refractivity contribution in [2.45, 2.75) is 38.3 Å². The second-order valence-electron chi connectivity index (χ2n) is 5.05. The van der Waals surface area contributed by atoms with Gasteiger partial charge in [0.15, 0.2) is 0 Å². The van der Waals surface area contributed by atoms with Gasteiger partial charge in [-0.05, 0) is 32.2 Å². The van der Waals surface area contributed by atoms with E-state index >= 15 is 0 Å². The van der Waals surface area contributed by atoms with E-state index in [-0.39, 0.29) is 5.97 Å². The average Bonchev–Trinajstić information content (AvgIpc) is 2.72. The van der Waals surface area contributed by atoms with Crippen molar-refractivity contribution in [1.29, 1.82) is 0 Å². The summed E-state index contributed by atoms with van der Waals surface area (Å²) >= 11 is 0. The van der Waals surface area contributed by atoms with Gasteiger partial charge in [-0.2, -0.15) is 0 Å². The van der Waals surface area contributed by atoms with Crippen molar-refractivity contribution in [2.75, 3.05) is 26.7 Å². The van der Waals surface area contributed by atoms with Gasteiger partial charge in [-0.3, -0.25) is 9.69 Å². The monoisotopic (exact) mass is 226 g/mol. The number of carbonyl (C=O) groups is 1. The Morgan fingerprint density at radius 2 is 2.38 bits per heavy atom. The Balaban J connectivity index is 1.84. The molecule has 0 spiro atoms. The number of ether oxygens (including phenoxy) is 1. The molecule has 16 heavy (non-hydrogen) atoms. The van der Waals surface area contributed by atoms with Crippen molar-refractivity contribution >= 4 is 5.97 Å². The van der Waals surface area contributed by atoms with E-state index < -0.39 is 0 Å². The van der Waals surface area contributed by atoms with Crippen LogP contribution >= 0.6 is 0 Å². The highest BCUT2D eigenvalue weighted by atomic mass is 16.5. The van der Waals surface area contributed by atoms with Gasteiger partial charge >= 0.3 is 5.97 Å². The molecule has 0 amide bonds. The van der Waals surface area contributed by atoms with Crippen LogP contribution in [0.15, 0.2) is 0 Å². The third-order valence-electron chi connectivity index (χ3n) is 3.94. The molecule has 0 aromatic rings. The van der Waals surface area contributed by atoms with Gasteiger partial charge in [0.2, 0.25) is 0 Å². The van der Waals surface area contributed by atoms with Crippen LogP contribution in [0, 0.1) is 5.92 Å². The smallest absolute Gasteiger partial charge is 0.307 e. The summed E-state index contributed by atoms with van der Waals surface area (Å²) < 4.78 is 4.72. The molecule has 0 aromatic heterocycles. The van der Waals surface area contributed by atoms with E-state index in [1.54, 1.807) is 0 Å². The zero-order valence-corrected chi connectivity index (χ0v) is 10.2. The Morgan fingerprint density at radius 3 is 3.06 bits per heavy atom. The molecule has 2 heterocycles. The van der Waals surface area contributed by atoms with E-state index in [2.05, 4.69) is 17.1 Å². The summed E-state index contributed by atoms with van der Waals surface area (Å²) in [6, 6.07) is 0.952. The number of hydrogen-bond acceptors (Lipinski definition) is 4. The molecule has 0 aromatic carbocycles. The van der Waals surface area contributed by atoms with Gasteiger partial charge in [-0.15, -0.1) is 0 Å². The van der Waals surface area contributed by atoms with Crippen LogP contribution in [0.25, 0.3) is 0 Å². The number of hydrogen-bond donors (Lipinski definition) is 1. The van der Waals surface area contributed by atoms with Gasteiger partial charge in [0.05, 0.1) is 13.5 Å². The number of esters is 1. The molecular weight excluding hydrogens is 204 g/mol. The fraction of sp³-hybridized carbons (Fsp3) is 0.917. The summed E-state index contributed by atoms with van der Waals surface area (Å²) in [5, 5.41) is 3.58. The lowest BCUT2D eigenvalue weighted by atomic mass is 9.94. The maximum atomic E-state index is 11.2. The predicted molar refractivity (Wildman–Crippen MR) is 62.2 cm³/mol. The molecule has 1 unspecified atom stereocenters. The van der Waals surface area contributed by atoms with E-state index in [1.807, 2.05) is 0 Å². The number of methoxy groups -OCH3 is 1. The molecule has 2 saturated heterocycles. The van der Waals surface area contributed by atoms with Gasteiger partial charge < -0.3 is 10.1 Å². The van der Waals surface area contributed by atoms with E-state index in [9.17, 15) is 4.79 Å². The van der Waals surface area contributed by atoms with Crippen molar-refractivity contribution in [1.82, 2.24) is 10.2 Å². The van der Waals surface area contributed by atoms with Crippen LogP contribution in [0.4, 0.5) is 0 Å². The third-order valence-corrected chi connectivity index (χ3v) is 3.94. The van der Waals surface area contributed by atoms with Crippen LogP contribution in [0.1, 0.15) is 26.2 Å². The van der Waals surface area contributed by atoms with E-state index in [0.717, 1.165) is 25.6 Å². The van der Waals surface area contributed by atoms with Gasteiger partial charge in [0.1, 0.15) is 0 Å². The Hall–Kier alpha value is -0.610. The Kier molecular flexibility index (Phi) is 3.82. The minimum atomic E-state index is -0.102. The van der Waals surface area contributed by atoms with Crippen LogP contribution in [-0.2, 0) is 9.53 Å². The summed E-state index contributed by atoms with van der Waals surface area (Å²) in [5.74, 6) is 0.684. The molecule has 3 atom stereocenters. The van der Waals surface area contributed by atoms with Crippen molar-refractivity contribution in [3.05, 3.63) is 0 Å². The average molecular weight is 226 g/mol.